The first kappa shape index (κ1) is 11.5. The second-order valence-electron chi connectivity index (χ2n) is 3.93. The number of nitrogens with zero attached hydrogens (tertiary/aromatic N) is 1. The quantitative estimate of drug-likeness (QED) is 0.564. The molecular formula is C11H16NO4+. The van der Waals surface area contributed by atoms with E-state index >= 15 is 0 Å². The van der Waals surface area contributed by atoms with Crippen molar-refractivity contribution in [1.29, 1.82) is 0 Å². The lowest BCUT2D eigenvalue weighted by Gasteiger charge is -2.33. The summed E-state index contributed by atoms with van der Waals surface area (Å²) < 4.78 is 7.31. The van der Waals surface area contributed by atoms with Gasteiger partial charge in [-0.05, 0) is 0 Å². The summed E-state index contributed by atoms with van der Waals surface area (Å²) >= 11 is 0. The van der Waals surface area contributed by atoms with E-state index < -0.39 is 18.3 Å². The Morgan fingerprint density at radius 2 is 1.88 bits per heavy atom. The van der Waals surface area contributed by atoms with Crippen LogP contribution in [-0.4, -0.2) is 40.2 Å². The van der Waals surface area contributed by atoms with Crippen LogP contribution in [0.4, 0.5) is 0 Å². The molecule has 1 aromatic rings. The molecule has 0 aliphatic carbocycles. The van der Waals surface area contributed by atoms with Gasteiger partial charge in [0.25, 0.3) is 6.23 Å². The number of rotatable bonds is 2. The summed E-state index contributed by atoms with van der Waals surface area (Å²) in [7, 11) is 0. The predicted octanol–water partition coefficient (Wildman–Crippen LogP) is -1.02. The Morgan fingerprint density at radius 3 is 2.50 bits per heavy atom. The standard InChI is InChI=1S/C11H16NO4/c13-7-9-11(15)8(14)6-10(16-9)12-4-2-1-3-5-12/h1-5,8-11,13-15H,6-7H2/q+1/t8-,9-,10+,11+/m1/s1. The fourth-order valence-corrected chi connectivity index (χ4v) is 1.88. The lowest BCUT2D eigenvalue weighted by molar-refractivity contribution is -0.770. The summed E-state index contributed by atoms with van der Waals surface area (Å²) in [5.41, 5.74) is 0. The van der Waals surface area contributed by atoms with Crippen LogP contribution in [0.3, 0.4) is 0 Å². The van der Waals surface area contributed by atoms with Crippen molar-refractivity contribution in [3.8, 4) is 0 Å². The lowest BCUT2D eigenvalue weighted by atomic mass is 10.0. The van der Waals surface area contributed by atoms with E-state index in [1.54, 1.807) is 4.57 Å². The number of aromatic nitrogens is 1. The molecule has 88 valence electrons. The van der Waals surface area contributed by atoms with Gasteiger partial charge in [0.15, 0.2) is 12.4 Å². The third kappa shape index (κ3) is 2.22. The Morgan fingerprint density at radius 1 is 1.19 bits per heavy atom. The molecule has 2 heterocycles. The first-order chi connectivity index (χ1) is 7.72. The molecule has 1 aliphatic heterocycles. The highest BCUT2D eigenvalue weighted by Crippen LogP contribution is 2.23. The Balaban J connectivity index is 2.13. The molecule has 1 saturated heterocycles. The Bertz CT molecular complexity index is 332. The molecule has 0 amide bonds. The van der Waals surface area contributed by atoms with Crippen molar-refractivity contribution in [2.45, 2.75) is 31.0 Å². The number of pyridine rings is 1. The minimum Gasteiger partial charge on any atom is -0.394 e. The van der Waals surface area contributed by atoms with E-state index in [0.717, 1.165) is 0 Å². The van der Waals surface area contributed by atoms with E-state index in [1.165, 1.54) is 0 Å². The molecule has 3 N–H and O–H groups in total. The van der Waals surface area contributed by atoms with Crippen LogP contribution >= 0.6 is 0 Å². The zero-order chi connectivity index (χ0) is 11.5. The third-order valence-corrected chi connectivity index (χ3v) is 2.80. The van der Waals surface area contributed by atoms with Crippen LogP contribution in [0.15, 0.2) is 30.6 Å². The normalized spacial score (nSPS) is 34.9. The Hall–Kier alpha value is -1.01. The fraction of sp³-hybridized carbons (Fsp3) is 0.545. The van der Waals surface area contributed by atoms with Crippen molar-refractivity contribution in [2.75, 3.05) is 6.61 Å². The van der Waals surface area contributed by atoms with Gasteiger partial charge >= 0.3 is 0 Å². The zero-order valence-corrected chi connectivity index (χ0v) is 8.81. The second kappa shape index (κ2) is 4.88. The van der Waals surface area contributed by atoms with Gasteiger partial charge in [0.2, 0.25) is 0 Å². The zero-order valence-electron chi connectivity index (χ0n) is 8.81. The van der Waals surface area contributed by atoms with Crippen molar-refractivity contribution >= 4 is 0 Å². The van der Waals surface area contributed by atoms with E-state index in [9.17, 15) is 10.2 Å². The number of aliphatic hydroxyl groups is 3. The number of hydrogen-bond donors (Lipinski definition) is 3. The van der Waals surface area contributed by atoms with Crippen LogP contribution in [-0.2, 0) is 4.74 Å². The highest BCUT2D eigenvalue weighted by molar-refractivity contribution is 4.85. The van der Waals surface area contributed by atoms with E-state index in [-0.39, 0.29) is 12.8 Å². The van der Waals surface area contributed by atoms with Crippen LogP contribution in [0.5, 0.6) is 0 Å². The average Bonchev–Trinajstić information content (AvgIpc) is 2.33. The van der Waals surface area contributed by atoms with Crippen LogP contribution in [0.25, 0.3) is 0 Å². The molecule has 5 nitrogen and oxygen atoms in total. The molecule has 0 saturated carbocycles. The van der Waals surface area contributed by atoms with E-state index in [2.05, 4.69) is 0 Å². The molecule has 2 rings (SSSR count). The van der Waals surface area contributed by atoms with Gasteiger partial charge in [0.1, 0.15) is 12.2 Å². The smallest absolute Gasteiger partial charge is 0.265 e. The number of aliphatic hydroxyl groups excluding tert-OH is 3. The fourth-order valence-electron chi connectivity index (χ4n) is 1.88. The van der Waals surface area contributed by atoms with Crippen LogP contribution in [0.1, 0.15) is 12.6 Å². The minimum atomic E-state index is -1.02. The average molecular weight is 226 g/mol. The molecule has 0 unspecified atom stereocenters. The highest BCUT2D eigenvalue weighted by atomic mass is 16.5. The number of ether oxygens (including phenoxy) is 1. The third-order valence-electron chi connectivity index (χ3n) is 2.80. The van der Waals surface area contributed by atoms with Crippen LogP contribution in [0.2, 0.25) is 0 Å². The summed E-state index contributed by atoms with van der Waals surface area (Å²) in [6, 6.07) is 5.59. The van der Waals surface area contributed by atoms with Crippen LogP contribution in [0, 0.1) is 0 Å². The van der Waals surface area contributed by atoms with Crippen molar-refractivity contribution < 1.29 is 24.6 Å². The van der Waals surface area contributed by atoms with Gasteiger partial charge in [-0.1, -0.05) is 6.07 Å². The molecule has 5 heteroatoms. The minimum absolute atomic E-state index is 0.303. The second-order valence-corrected chi connectivity index (χ2v) is 3.93. The molecule has 0 aromatic carbocycles. The van der Waals surface area contributed by atoms with Gasteiger partial charge in [0, 0.05) is 12.1 Å². The van der Waals surface area contributed by atoms with Crippen molar-refractivity contribution in [3.05, 3.63) is 30.6 Å². The Labute approximate surface area is 93.5 Å². The largest absolute Gasteiger partial charge is 0.394 e. The van der Waals surface area contributed by atoms with Crippen molar-refractivity contribution in [2.24, 2.45) is 0 Å². The Kier molecular flexibility index (Phi) is 3.50. The van der Waals surface area contributed by atoms with Gasteiger partial charge < -0.3 is 20.1 Å². The maximum atomic E-state index is 9.66. The van der Waals surface area contributed by atoms with E-state index in [1.807, 2.05) is 30.6 Å². The van der Waals surface area contributed by atoms with E-state index in [4.69, 9.17) is 9.84 Å². The highest BCUT2D eigenvalue weighted by Gasteiger charge is 2.40. The topological polar surface area (TPSA) is 73.8 Å². The molecule has 16 heavy (non-hydrogen) atoms. The van der Waals surface area contributed by atoms with Gasteiger partial charge in [-0.2, -0.15) is 4.57 Å². The maximum Gasteiger partial charge on any atom is 0.265 e. The summed E-state index contributed by atoms with van der Waals surface area (Å²) in [4.78, 5) is 0. The maximum absolute atomic E-state index is 9.66. The van der Waals surface area contributed by atoms with Crippen molar-refractivity contribution in [1.82, 2.24) is 0 Å². The van der Waals surface area contributed by atoms with Crippen LogP contribution < -0.4 is 4.57 Å². The molecular weight excluding hydrogens is 210 g/mol. The molecule has 0 bridgehead atoms. The SMILES string of the molecule is OC[C@H]1O[C@H]([n+]2ccccc2)C[C@@H](O)[C@@H]1O. The van der Waals surface area contributed by atoms with Gasteiger partial charge in [0.05, 0.1) is 19.1 Å². The molecule has 0 spiro atoms. The summed E-state index contributed by atoms with van der Waals surface area (Å²) in [6.07, 6.45) is 0.978. The van der Waals surface area contributed by atoms with E-state index in [0.29, 0.717) is 6.42 Å². The first-order valence-electron chi connectivity index (χ1n) is 5.30. The molecule has 1 fully saturated rings. The molecule has 0 radical (unpaired) electrons. The monoisotopic (exact) mass is 226 g/mol. The lowest BCUT2D eigenvalue weighted by Crippen LogP contribution is -2.54. The van der Waals surface area contributed by atoms with Gasteiger partial charge in [-0.15, -0.1) is 0 Å². The van der Waals surface area contributed by atoms with Gasteiger partial charge in [-0.3, -0.25) is 0 Å². The molecule has 4 atom stereocenters. The summed E-state index contributed by atoms with van der Waals surface area (Å²) in [6.45, 7) is -0.303. The van der Waals surface area contributed by atoms with Crippen molar-refractivity contribution in [3.63, 3.8) is 0 Å². The number of hydrogen-bond acceptors (Lipinski definition) is 4. The first-order valence-corrected chi connectivity index (χ1v) is 5.30. The van der Waals surface area contributed by atoms with Gasteiger partial charge in [-0.25, -0.2) is 0 Å². The summed E-state index contributed by atoms with van der Waals surface area (Å²) in [5, 5.41) is 28.3. The summed E-state index contributed by atoms with van der Waals surface area (Å²) in [5.74, 6) is 0. The molecule has 1 aromatic heterocycles. The molecule has 1 aliphatic rings. The predicted molar refractivity (Wildman–Crippen MR) is 54.3 cm³/mol.